The molecule has 78 valence electrons. The van der Waals surface area contributed by atoms with E-state index in [2.05, 4.69) is 15.4 Å². The number of thiazole rings is 1. The van der Waals surface area contributed by atoms with Crippen LogP contribution < -0.4 is 5.32 Å². The number of aryl methyl sites for hydroxylation is 1. The van der Waals surface area contributed by atoms with Crippen LogP contribution in [0.2, 0.25) is 0 Å². The molecular formula is C8H8N4O2S. The molecule has 15 heavy (non-hydrogen) atoms. The molecule has 6 nitrogen and oxygen atoms in total. The van der Waals surface area contributed by atoms with Crippen LogP contribution in [-0.4, -0.2) is 25.8 Å². The number of carboxylic acid groups (broad SMARTS) is 1. The molecule has 0 aliphatic heterocycles. The van der Waals surface area contributed by atoms with Crippen LogP contribution in [-0.2, 0) is 7.05 Å². The number of hydrogen-bond donors (Lipinski definition) is 2. The molecule has 2 rings (SSSR count). The fourth-order valence-electron chi connectivity index (χ4n) is 1.04. The summed E-state index contributed by atoms with van der Waals surface area (Å²) >= 11 is 1.24. The normalized spacial score (nSPS) is 10.2. The van der Waals surface area contributed by atoms with Crippen LogP contribution in [0.1, 0.15) is 10.5 Å². The minimum Gasteiger partial charge on any atom is -0.476 e. The van der Waals surface area contributed by atoms with Gasteiger partial charge in [0.25, 0.3) is 0 Å². The van der Waals surface area contributed by atoms with E-state index in [1.54, 1.807) is 24.1 Å². The number of carboxylic acids is 1. The quantitative estimate of drug-likeness (QED) is 0.821. The third-order valence-electron chi connectivity index (χ3n) is 1.68. The van der Waals surface area contributed by atoms with Gasteiger partial charge in [-0.25, -0.2) is 9.78 Å². The molecule has 2 aromatic heterocycles. The number of aromatic nitrogens is 3. The van der Waals surface area contributed by atoms with Gasteiger partial charge in [0, 0.05) is 18.6 Å². The largest absolute Gasteiger partial charge is 0.476 e. The van der Waals surface area contributed by atoms with Crippen LogP contribution in [0.15, 0.2) is 17.8 Å². The lowest BCUT2D eigenvalue weighted by Gasteiger charge is -1.95. The Morgan fingerprint density at radius 1 is 1.67 bits per heavy atom. The van der Waals surface area contributed by atoms with Crippen molar-refractivity contribution in [3.8, 4) is 0 Å². The predicted molar refractivity (Wildman–Crippen MR) is 55.6 cm³/mol. The molecule has 0 aromatic carbocycles. The van der Waals surface area contributed by atoms with Gasteiger partial charge in [-0.3, -0.25) is 4.68 Å². The van der Waals surface area contributed by atoms with E-state index in [9.17, 15) is 4.79 Å². The lowest BCUT2D eigenvalue weighted by atomic mass is 10.5. The molecule has 2 heterocycles. The lowest BCUT2D eigenvalue weighted by Crippen LogP contribution is -1.96. The van der Waals surface area contributed by atoms with E-state index >= 15 is 0 Å². The molecule has 0 bridgehead atoms. The van der Waals surface area contributed by atoms with Crippen molar-refractivity contribution in [3.05, 3.63) is 23.5 Å². The third kappa shape index (κ3) is 2.13. The van der Waals surface area contributed by atoms with Gasteiger partial charge in [-0.1, -0.05) is 0 Å². The maximum Gasteiger partial charge on any atom is 0.355 e. The first-order valence-corrected chi connectivity index (χ1v) is 4.97. The van der Waals surface area contributed by atoms with E-state index in [0.29, 0.717) is 5.13 Å². The summed E-state index contributed by atoms with van der Waals surface area (Å²) in [6.07, 6.45) is 3.42. The zero-order valence-electron chi connectivity index (χ0n) is 7.84. The Morgan fingerprint density at radius 3 is 3.00 bits per heavy atom. The molecule has 0 amide bonds. The molecule has 7 heteroatoms. The molecule has 0 saturated heterocycles. The fourth-order valence-corrected chi connectivity index (χ4v) is 1.74. The molecule has 0 fully saturated rings. The summed E-state index contributed by atoms with van der Waals surface area (Å²) in [6, 6.07) is 0. The van der Waals surface area contributed by atoms with Gasteiger partial charge < -0.3 is 10.4 Å². The number of rotatable bonds is 3. The SMILES string of the molecule is Cn1cc(Nc2nc(C(=O)O)cs2)cn1. The fraction of sp³-hybridized carbons (Fsp3) is 0.125. The number of aromatic carboxylic acids is 1. The summed E-state index contributed by atoms with van der Waals surface area (Å²) < 4.78 is 1.65. The van der Waals surface area contributed by atoms with Crippen LogP contribution in [0, 0.1) is 0 Å². The highest BCUT2D eigenvalue weighted by Crippen LogP contribution is 2.20. The first-order valence-electron chi connectivity index (χ1n) is 4.09. The summed E-state index contributed by atoms with van der Waals surface area (Å²) in [7, 11) is 1.80. The van der Waals surface area contributed by atoms with E-state index in [0.717, 1.165) is 5.69 Å². The Morgan fingerprint density at radius 2 is 2.47 bits per heavy atom. The van der Waals surface area contributed by atoms with Crippen molar-refractivity contribution in [2.24, 2.45) is 7.05 Å². The number of hydrogen-bond acceptors (Lipinski definition) is 5. The number of nitrogens with zero attached hydrogens (tertiary/aromatic N) is 3. The third-order valence-corrected chi connectivity index (χ3v) is 2.44. The molecule has 2 aromatic rings. The average Bonchev–Trinajstić information content (AvgIpc) is 2.76. The predicted octanol–water partition coefficient (Wildman–Crippen LogP) is 1.32. The molecular weight excluding hydrogens is 216 g/mol. The minimum atomic E-state index is -1.02. The molecule has 0 saturated carbocycles. The maximum atomic E-state index is 10.6. The Labute approximate surface area is 89.2 Å². The highest BCUT2D eigenvalue weighted by Gasteiger charge is 2.08. The summed E-state index contributed by atoms with van der Waals surface area (Å²) in [5.41, 5.74) is 0.829. The van der Waals surface area contributed by atoms with Crippen LogP contribution in [0.5, 0.6) is 0 Å². The molecule has 0 aliphatic carbocycles. The summed E-state index contributed by atoms with van der Waals surface area (Å²) in [5.74, 6) is -1.02. The van der Waals surface area contributed by atoms with Gasteiger partial charge in [0.15, 0.2) is 10.8 Å². The summed E-state index contributed by atoms with van der Waals surface area (Å²) in [4.78, 5) is 14.5. The van der Waals surface area contributed by atoms with Gasteiger partial charge in [-0.2, -0.15) is 5.10 Å². The molecule has 0 atom stereocenters. The van der Waals surface area contributed by atoms with Gasteiger partial charge >= 0.3 is 5.97 Å². The molecule has 0 radical (unpaired) electrons. The van der Waals surface area contributed by atoms with Crippen molar-refractivity contribution in [1.29, 1.82) is 0 Å². The topological polar surface area (TPSA) is 80.0 Å². The molecule has 2 N–H and O–H groups in total. The first kappa shape index (κ1) is 9.66. The van der Waals surface area contributed by atoms with Crippen molar-refractivity contribution in [3.63, 3.8) is 0 Å². The van der Waals surface area contributed by atoms with E-state index in [1.165, 1.54) is 16.7 Å². The van der Waals surface area contributed by atoms with Gasteiger partial charge in [-0.15, -0.1) is 11.3 Å². The van der Waals surface area contributed by atoms with Crippen LogP contribution in [0.3, 0.4) is 0 Å². The van der Waals surface area contributed by atoms with E-state index in [1.807, 2.05) is 0 Å². The lowest BCUT2D eigenvalue weighted by molar-refractivity contribution is 0.0691. The van der Waals surface area contributed by atoms with E-state index in [-0.39, 0.29) is 5.69 Å². The van der Waals surface area contributed by atoms with Crippen molar-refractivity contribution in [1.82, 2.24) is 14.8 Å². The molecule has 0 aliphatic rings. The van der Waals surface area contributed by atoms with Crippen molar-refractivity contribution in [2.45, 2.75) is 0 Å². The van der Waals surface area contributed by atoms with Crippen LogP contribution >= 0.6 is 11.3 Å². The van der Waals surface area contributed by atoms with Crippen molar-refractivity contribution < 1.29 is 9.90 Å². The number of carbonyl (C=O) groups is 1. The highest BCUT2D eigenvalue weighted by atomic mass is 32.1. The number of anilines is 2. The molecule has 0 unspecified atom stereocenters. The van der Waals surface area contributed by atoms with Crippen LogP contribution in [0.4, 0.5) is 10.8 Å². The van der Waals surface area contributed by atoms with E-state index in [4.69, 9.17) is 5.11 Å². The second-order valence-corrected chi connectivity index (χ2v) is 3.73. The second-order valence-electron chi connectivity index (χ2n) is 2.87. The average molecular weight is 224 g/mol. The number of nitrogens with one attached hydrogen (secondary N) is 1. The zero-order valence-corrected chi connectivity index (χ0v) is 8.65. The Kier molecular flexibility index (Phi) is 2.38. The van der Waals surface area contributed by atoms with E-state index < -0.39 is 5.97 Å². The minimum absolute atomic E-state index is 0.0476. The van der Waals surface area contributed by atoms with Gasteiger partial charge in [0.2, 0.25) is 0 Å². The second kappa shape index (κ2) is 3.70. The van der Waals surface area contributed by atoms with Gasteiger partial charge in [0.1, 0.15) is 0 Å². The highest BCUT2D eigenvalue weighted by molar-refractivity contribution is 7.14. The molecule has 0 spiro atoms. The zero-order chi connectivity index (χ0) is 10.8. The summed E-state index contributed by atoms with van der Waals surface area (Å²) in [5, 5.41) is 17.6. The monoisotopic (exact) mass is 224 g/mol. The standard InChI is InChI=1S/C8H8N4O2S/c1-12-3-5(2-9-12)10-8-11-6(4-15-8)7(13)14/h2-4H,1H3,(H,10,11)(H,13,14). The van der Waals surface area contributed by atoms with Crippen LogP contribution in [0.25, 0.3) is 0 Å². The summed E-state index contributed by atoms with van der Waals surface area (Å²) in [6.45, 7) is 0. The van der Waals surface area contributed by atoms with Crippen molar-refractivity contribution in [2.75, 3.05) is 5.32 Å². The van der Waals surface area contributed by atoms with Gasteiger partial charge in [-0.05, 0) is 0 Å². The Bertz CT molecular complexity index is 490. The smallest absolute Gasteiger partial charge is 0.355 e. The Balaban J connectivity index is 2.14. The van der Waals surface area contributed by atoms with Gasteiger partial charge in [0.05, 0.1) is 11.9 Å². The van der Waals surface area contributed by atoms with Crippen molar-refractivity contribution >= 4 is 28.1 Å². The first-order chi connectivity index (χ1) is 7.15. The maximum absolute atomic E-state index is 10.6. The Hall–Kier alpha value is -1.89.